The summed E-state index contributed by atoms with van der Waals surface area (Å²) in [4.78, 5) is 32.1. The summed E-state index contributed by atoms with van der Waals surface area (Å²) < 4.78 is 10.5. The number of hydrogen-bond donors (Lipinski definition) is 0. The van der Waals surface area contributed by atoms with E-state index in [1.165, 1.54) is 0 Å². The fourth-order valence-electron chi connectivity index (χ4n) is 2.46. The van der Waals surface area contributed by atoms with Crippen LogP contribution in [0.5, 0.6) is 0 Å². The number of amides is 1. The lowest BCUT2D eigenvalue weighted by molar-refractivity contribution is 0.0239. The quantitative estimate of drug-likeness (QED) is 0.602. The molecule has 0 aromatic carbocycles. The van der Waals surface area contributed by atoms with Gasteiger partial charge in [0.25, 0.3) is 0 Å². The summed E-state index contributed by atoms with van der Waals surface area (Å²) in [6.07, 6.45) is -0.336. The predicted octanol–water partition coefficient (Wildman–Crippen LogP) is 2.97. The molecule has 25 heavy (non-hydrogen) atoms. The van der Waals surface area contributed by atoms with Crippen LogP contribution < -0.4 is 4.90 Å². The monoisotopic (exact) mass is 369 g/mol. The zero-order valence-electron chi connectivity index (χ0n) is 15.0. The second kappa shape index (κ2) is 7.91. The lowest BCUT2D eigenvalue weighted by atomic mass is 10.2. The third-order valence-electron chi connectivity index (χ3n) is 3.57. The minimum Gasteiger partial charge on any atom is -0.462 e. The fraction of sp³-hybridized carbons (Fsp3) is 0.588. The van der Waals surface area contributed by atoms with E-state index < -0.39 is 11.6 Å². The minimum absolute atomic E-state index is 0.285. The Morgan fingerprint density at radius 1 is 1.20 bits per heavy atom. The van der Waals surface area contributed by atoms with Crippen LogP contribution in [0.25, 0.3) is 0 Å². The smallest absolute Gasteiger partial charge is 0.410 e. The molecule has 1 fully saturated rings. The molecule has 0 atom stereocenters. The van der Waals surface area contributed by atoms with Crippen molar-refractivity contribution in [2.45, 2.75) is 33.3 Å². The SMILES string of the molecule is CCOC(=O)c1ccc(Cl)nc1N1CCN(C(=O)OC(C)(C)C)CC1. The number of halogens is 1. The zero-order chi connectivity index (χ0) is 18.6. The highest BCUT2D eigenvalue weighted by Gasteiger charge is 2.28. The van der Waals surface area contributed by atoms with Crippen molar-refractivity contribution < 1.29 is 19.1 Å². The molecule has 7 nitrogen and oxygen atoms in total. The Morgan fingerprint density at radius 3 is 2.40 bits per heavy atom. The molecule has 0 bridgehead atoms. The Hall–Kier alpha value is -2.02. The molecule has 2 heterocycles. The van der Waals surface area contributed by atoms with Crippen LogP contribution in [0.3, 0.4) is 0 Å². The van der Waals surface area contributed by atoms with E-state index in [2.05, 4.69) is 4.98 Å². The first-order valence-corrected chi connectivity index (χ1v) is 8.65. The molecule has 138 valence electrons. The Kier molecular flexibility index (Phi) is 6.11. The number of pyridine rings is 1. The number of ether oxygens (including phenoxy) is 2. The van der Waals surface area contributed by atoms with Crippen molar-refractivity contribution in [1.82, 2.24) is 9.88 Å². The lowest BCUT2D eigenvalue weighted by Crippen LogP contribution is -2.50. The maximum Gasteiger partial charge on any atom is 0.410 e. The van der Waals surface area contributed by atoms with Crippen LogP contribution in [0.15, 0.2) is 12.1 Å². The summed E-state index contributed by atoms with van der Waals surface area (Å²) in [5.41, 5.74) is -0.156. The van der Waals surface area contributed by atoms with Gasteiger partial charge in [0.1, 0.15) is 22.1 Å². The van der Waals surface area contributed by atoms with E-state index in [4.69, 9.17) is 21.1 Å². The number of piperazine rings is 1. The van der Waals surface area contributed by atoms with Gasteiger partial charge in [0.15, 0.2) is 0 Å². The van der Waals surface area contributed by atoms with Gasteiger partial charge in [-0.2, -0.15) is 0 Å². The molecule has 0 radical (unpaired) electrons. The Morgan fingerprint density at radius 2 is 1.84 bits per heavy atom. The normalized spacial score (nSPS) is 15.1. The van der Waals surface area contributed by atoms with Crippen LogP contribution in [-0.4, -0.2) is 60.3 Å². The van der Waals surface area contributed by atoms with Gasteiger partial charge < -0.3 is 19.3 Å². The third kappa shape index (κ3) is 5.22. The first kappa shape index (κ1) is 19.3. The molecule has 1 saturated heterocycles. The standard InChI is InChI=1S/C17H24ClN3O4/c1-5-24-15(22)12-6-7-13(18)19-14(12)20-8-10-21(11-9-20)16(23)25-17(2,3)4/h6-7H,5,8-11H2,1-4H3. The second-order valence-electron chi connectivity index (χ2n) is 6.68. The largest absolute Gasteiger partial charge is 0.462 e. The summed E-state index contributed by atoms with van der Waals surface area (Å²) in [6.45, 7) is 9.55. The van der Waals surface area contributed by atoms with Gasteiger partial charge in [-0.15, -0.1) is 0 Å². The van der Waals surface area contributed by atoms with E-state index in [9.17, 15) is 9.59 Å². The van der Waals surface area contributed by atoms with Gasteiger partial charge in [-0.25, -0.2) is 14.6 Å². The minimum atomic E-state index is -0.528. The average Bonchev–Trinajstić information content (AvgIpc) is 2.53. The molecular weight excluding hydrogens is 346 g/mol. The molecule has 1 aromatic heterocycles. The number of carbonyl (C=O) groups excluding carboxylic acids is 2. The van der Waals surface area contributed by atoms with E-state index in [1.807, 2.05) is 25.7 Å². The van der Waals surface area contributed by atoms with Crippen molar-refractivity contribution in [1.29, 1.82) is 0 Å². The maximum atomic E-state index is 12.1. The van der Waals surface area contributed by atoms with E-state index in [0.717, 1.165) is 0 Å². The van der Waals surface area contributed by atoms with E-state index >= 15 is 0 Å². The number of nitrogens with zero attached hydrogens (tertiary/aromatic N) is 3. The lowest BCUT2D eigenvalue weighted by Gasteiger charge is -2.36. The second-order valence-corrected chi connectivity index (χ2v) is 7.07. The predicted molar refractivity (Wildman–Crippen MR) is 95.2 cm³/mol. The third-order valence-corrected chi connectivity index (χ3v) is 3.78. The maximum absolute atomic E-state index is 12.1. The number of anilines is 1. The van der Waals surface area contributed by atoms with Crippen molar-refractivity contribution in [3.8, 4) is 0 Å². The molecule has 0 unspecified atom stereocenters. The van der Waals surface area contributed by atoms with Gasteiger partial charge in [0.05, 0.1) is 6.61 Å². The molecule has 8 heteroatoms. The highest BCUT2D eigenvalue weighted by atomic mass is 35.5. The van der Waals surface area contributed by atoms with Crippen molar-refractivity contribution in [3.05, 3.63) is 22.8 Å². The fourth-order valence-corrected chi connectivity index (χ4v) is 2.60. The molecule has 0 saturated carbocycles. The summed E-state index contributed by atoms with van der Waals surface area (Å²) in [7, 11) is 0. The summed E-state index contributed by atoms with van der Waals surface area (Å²) in [5.74, 6) is 0.0472. The first-order valence-electron chi connectivity index (χ1n) is 8.28. The Balaban J connectivity index is 2.09. The van der Waals surface area contributed by atoms with Crippen LogP contribution >= 0.6 is 11.6 Å². The topological polar surface area (TPSA) is 72.0 Å². The van der Waals surface area contributed by atoms with Crippen LogP contribution in [0.2, 0.25) is 5.15 Å². The van der Waals surface area contributed by atoms with E-state index in [1.54, 1.807) is 24.0 Å². The summed E-state index contributed by atoms with van der Waals surface area (Å²) in [6, 6.07) is 3.18. The molecule has 2 rings (SSSR count). The van der Waals surface area contributed by atoms with Gasteiger partial charge >= 0.3 is 12.1 Å². The van der Waals surface area contributed by atoms with Crippen LogP contribution in [-0.2, 0) is 9.47 Å². The molecule has 0 aliphatic carbocycles. The van der Waals surface area contributed by atoms with Gasteiger partial charge in [-0.1, -0.05) is 11.6 Å². The van der Waals surface area contributed by atoms with Gasteiger partial charge in [0.2, 0.25) is 0 Å². The van der Waals surface area contributed by atoms with Crippen LogP contribution in [0.1, 0.15) is 38.1 Å². The zero-order valence-corrected chi connectivity index (χ0v) is 15.8. The highest BCUT2D eigenvalue weighted by Crippen LogP contribution is 2.23. The summed E-state index contributed by atoms with van der Waals surface area (Å²) in [5, 5.41) is 0.303. The molecule has 1 aromatic rings. The van der Waals surface area contributed by atoms with Crippen molar-refractivity contribution in [3.63, 3.8) is 0 Å². The molecule has 1 aliphatic rings. The first-order chi connectivity index (χ1) is 11.7. The average molecular weight is 370 g/mol. The Labute approximate surface area is 152 Å². The number of aromatic nitrogens is 1. The molecule has 1 aliphatic heterocycles. The van der Waals surface area contributed by atoms with Crippen molar-refractivity contribution in [2.24, 2.45) is 0 Å². The number of hydrogen-bond acceptors (Lipinski definition) is 6. The van der Waals surface area contributed by atoms with Crippen molar-refractivity contribution in [2.75, 3.05) is 37.7 Å². The summed E-state index contributed by atoms with van der Waals surface area (Å²) >= 11 is 6.00. The van der Waals surface area contributed by atoms with E-state index in [-0.39, 0.29) is 12.7 Å². The highest BCUT2D eigenvalue weighted by molar-refractivity contribution is 6.29. The molecule has 0 N–H and O–H groups in total. The van der Waals surface area contributed by atoms with Crippen LogP contribution in [0.4, 0.5) is 10.6 Å². The number of carbonyl (C=O) groups is 2. The van der Waals surface area contributed by atoms with Crippen LogP contribution in [0, 0.1) is 0 Å². The number of esters is 1. The molecule has 0 spiro atoms. The molecular formula is C17H24ClN3O4. The molecule has 1 amide bonds. The van der Waals surface area contributed by atoms with Gasteiger partial charge in [-0.05, 0) is 39.8 Å². The van der Waals surface area contributed by atoms with Gasteiger partial charge in [-0.3, -0.25) is 0 Å². The van der Waals surface area contributed by atoms with E-state index in [0.29, 0.717) is 42.7 Å². The number of rotatable bonds is 3. The van der Waals surface area contributed by atoms with Gasteiger partial charge in [0, 0.05) is 26.2 Å². The van der Waals surface area contributed by atoms with Crippen molar-refractivity contribution >= 4 is 29.5 Å². The Bertz CT molecular complexity index is 637.